The van der Waals surface area contributed by atoms with Gasteiger partial charge in [0.25, 0.3) is 0 Å². The van der Waals surface area contributed by atoms with E-state index in [2.05, 4.69) is 21.3 Å². The molecule has 5 heteroatoms. The lowest BCUT2D eigenvalue weighted by Crippen LogP contribution is -2.45. The fourth-order valence-electron chi connectivity index (χ4n) is 4.23. The van der Waals surface area contributed by atoms with Crippen LogP contribution in [0.4, 0.5) is 0 Å². The minimum absolute atomic E-state index is 0.0388. The molecule has 0 spiro atoms. The van der Waals surface area contributed by atoms with Gasteiger partial charge in [-0.25, -0.2) is 0 Å². The van der Waals surface area contributed by atoms with Gasteiger partial charge in [0.2, 0.25) is 5.91 Å². The van der Waals surface area contributed by atoms with E-state index in [0.29, 0.717) is 11.8 Å². The zero-order valence-corrected chi connectivity index (χ0v) is 14.9. The predicted molar refractivity (Wildman–Crippen MR) is 95.9 cm³/mol. The van der Waals surface area contributed by atoms with Crippen molar-refractivity contribution in [1.82, 2.24) is 15.2 Å². The number of ether oxygens (including phenoxy) is 1. The number of rotatable bonds is 6. The zero-order chi connectivity index (χ0) is 17.1. The summed E-state index contributed by atoms with van der Waals surface area (Å²) >= 11 is 0. The molecule has 4 rings (SSSR count). The van der Waals surface area contributed by atoms with Gasteiger partial charge >= 0.3 is 0 Å². The van der Waals surface area contributed by atoms with Gasteiger partial charge in [0.1, 0.15) is 0 Å². The van der Waals surface area contributed by atoms with Crippen molar-refractivity contribution in [3.05, 3.63) is 30.1 Å². The quantitative estimate of drug-likeness (QED) is 0.862. The lowest BCUT2D eigenvalue weighted by molar-refractivity contribution is -0.123. The Morgan fingerprint density at radius 2 is 2.24 bits per heavy atom. The van der Waals surface area contributed by atoms with E-state index in [1.807, 2.05) is 18.3 Å². The Hall–Kier alpha value is -1.46. The third-order valence-corrected chi connectivity index (χ3v) is 5.81. The first kappa shape index (κ1) is 17.0. The Morgan fingerprint density at radius 3 is 2.96 bits per heavy atom. The van der Waals surface area contributed by atoms with Crippen molar-refractivity contribution in [2.75, 3.05) is 32.8 Å². The molecule has 1 saturated carbocycles. The molecule has 25 heavy (non-hydrogen) atoms. The maximum atomic E-state index is 12.4. The Bertz CT molecular complexity index is 570. The lowest BCUT2D eigenvalue weighted by atomic mass is 9.87. The molecular formula is C20H29N3O2. The molecule has 1 aromatic rings. The van der Waals surface area contributed by atoms with Gasteiger partial charge in [-0.1, -0.05) is 6.07 Å². The van der Waals surface area contributed by atoms with Crippen LogP contribution in [0.5, 0.6) is 0 Å². The highest BCUT2D eigenvalue weighted by atomic mass is 16.5. The van der Waals surface area contributed by atoms with Gasteiger partial charge in [-0.15, -0.1) is 0 Å². The van der Waals surface area contributed by atoms with Gasteiger partial charge in [-0.3, -0.25) is 9.78 Å². The topological polar surface area (TPSA) is 54.5 Å². The summed E-state index contributed by atoms with van der Waals surface area (Å²) in [7, 11) is 0. The highest BCUT2D eigenvalue weighted by molar-refractivity contribution is 5.81. The molecule has 2 saturated heterocycles. The molecular weight excluding hydrogens is 314 g/mol. The summed E-state index contributed by atoms with van der Waals surface area (Å²) in [6.07, 6.45) is 7.45. The van der Waals surface area contributed by atoms with E-state index in [1.165, 1.54) is 19.4 Å². The minimum Gasteiger partial charge on any atom is -0.381 e. The number of nitrogens with zero attached hydrogens (tertiary/aromatic N) is 2. The molecule has 0 unspecified atom stereocenters. The summed E-state index contributed by atoms with van der Waals surface area (Å²) in [5.74, 6) is 1.57. The maximum absolute atomic E-state index is 12.4. The standard InChI is InChI=1S/C20H29N3O2/c24-20(16-6-7-16)22-19(18-5-1-2-9-21-18)17-4-3-10-23(13-17)12-15-8-11-25-14-15/h1-2,5,9,15-17,19H,3-4,6-8,10-14H2,(H,22,24)/t15-,17-,19+/m1/s1. The summed E-state index contributed by atoms with van der Waals surface area (Å²) < 4.78 is 5.53. The second kappa shape index (κ2) is 7.83. The number of likely N-dealkylation sites (tertiary alicyclic amines) is 1. The number of carbonyl (C=O) groups excluding carboxylic acids is 1. The normalized spacial score (nSPS) is 28.6. The molecule has 3 fully saturated rings. The van der Waals surface area contributed by atoms with Crippen LogP contribution in [0, 0.1) is 17.8 Å². The van der Waals surface area contributed by atoms with E-state index >= 15 is 0 Å². The second-order valence-corrected chi connectivity index (χ2v) is 7.91. The average Bonchev–Trinajstić information content (AvgIpc) is 3.38. The van der Waals surface area contributed by atoms with Gasteiger partial charge in [0.15, 0.2) is 0 Å². The predicted octanol–water partition coefficient (Wildman–Crippen LogP) is 2.40. The Balaban J connectivity index is 1.44. The number of hydrogen-bond acceptors (Lipinski definition) is 4. The van der Waals surface area contributed by atoms with E-state index in [0.717, 1.165) is 51.3 Å². The molecule has 0 radical (unpaired) electrons. The molecule has 5 nitrogen and oxygen atoms in total. The summed E-state index contributed by atoms with van der Waals surface area (Å²) in [6.45, 7) is 5.16. The van der Waals surface area contributed by atoms with Crippen molar-refractivity contribution in [2.45, 2.75) is 38.1 Å². The number of nitrogens with one attached hydrogen (secondary N) is 1. The average molecular weight is 343 g/mol. The molecule has 2 aliphatic heterocycles. The number of piperidine rings is 1. The Labute approximate surface area is 150 Å². The van der Waals surface area contributed by atoms with Gasteiger partial charge < -0.3 is 15.0 Å². The van der Waals surface area contributed by atoms with Gasteiger partial charge in [0.05, 0.1) is 18.3 Å². The van der Waals surface area contributed by atoms with Crippen molar-refractivity contribution in [3.63, 3.8) is 0 Å². The molecule has 1 aliphatic carbocycles. The van der Waals surface area contributed by atoms with Crippen LogP contribution in [0.1, 0.15) is 43.8 Å². The summed E-state index contributed by atoms with van der Waals surface area (Å²) in [4.78, 5) is 19.6. The van der Waals surface area contributed by atoms with Crippen molar-refractivity contribution in [3.8, 4) is 0 Å². The first-order valence-corrected chi connectivity index (χ1v) is 9.81. The van der Waals surface area contributed by atoms with Crippen LogP contribution in [0.15, 0.2) is 24.4 Å². The van der Waals surface area contributed by atoms with Crippen LogP contribution in [-0.4, -0.2) is 48.6 Å². The number of pyridine rings is 1. The molecule has 136 valence electrons. The highest BCUT2D eigenvalue weighted by Crippen LogP contribution is 2.33. The van der Waals surface area contributed by atoms with Crippen LogP contribution < -0.4 is 5.32 Å². The number of amides is 1. The number of aromatic nitrogens is 1. The number of carbonyl (C=O) groups is 1. The Kier molecular flexibility index (Phi) is 5.32. The monoisotopic (exact) mass is 343 g/mol. The molecule has 3 heterocycles. The molecule has 1 amide bonds. The molecule has 3 aliphatic rings. The number of hydrogen-bond donors (Lipinski definition) is 1. The van der Waals surface area contributed by atoms with E-state index < -0.39 is 0 Å². The van der Waals surface area contributed by atoms with Crippen molar-refractivity contribution in [1.29, 1.82) is 0 Å². The van der Waals surface area contributed by atoms with Crippen LogP contribution in [0.3, 0.4) is 0 Å². The largest absolute Gasteiger partial charge is 0.381 e. The van der Waals surface area contributed by atoms with Crippen molar-refractivity contribution < 1.29 is 9.53 Å². The van der Waals surface area contributed by atoms with E-state index in [9.17, 15) is 4.79 Å². The summed E-state index contributed by atoms with van der Waals surface area (Å²) in [5, 5.41) is 3.33. The van der Waals surface area contributed by atoms with Gasteiger partial charge in [-0.2, -0.15) is 0 Å². The van der Waals surface area contributed by atoms with Crippen LogP contribution >= 0.6 is 0 Å². The van der Waals surface area contributed by atoms with E-state index in [1.54, 1.807) is 0 Å². The van der Waals surface area contributed by atoms with Crippen molar-refractivity contribution in [2.24, 2.45) is 17.8 Å². The fourth-order valence-corrected chi connectivity index (χ4v) is 4.23. The summed E-state index contributed by atoms with van der Waals surface area (Å²) in [5.41, 5.74) is 1.01. The maximum Gasteiger partial charge on any atom is 0.223 e. The SMILES string of the molecule is O=C(N[C@H](c1ccccn1)[C@@H]1CCCN(C[C@H]2CCOC2)C1)C1CC1. The molecule has 0 bridgehead atoms. The zero-order valence-electron chi connectivity index (χ0n) is 14.9. The molecule has 3 atom stereocenters. The van der Waals surface area contributed by atoms with Gasteiger partial charge in [0, 0.05) is 31.8 Å². The van der Waals surface area contributed by atoms with Crippen LogP contribution in [-0.2, 0) is 9.53 Å². The van der Waals surface area contributed by atoms with E-state index in [4.69, 9.17) is 4.74 Å². The first-order valence-electron chi connectivity index (χ1n) is 9.81. The Morgan fingerprint density at radius 1 is 1.32 bits per heavy atom. The fraction of sp³-hybridized carbons (Fsp3) is 0.700. The minimum atomic E-state index is 0.0388. The third kappa shape index (κ3) is 4.39. The molecule has 0 aromatic carbocycles. The highest BCUT2D eigenvalue weighted by Gasteiger charge is 2.35. The van der Waals surface area contributed by atoms with Crippen LogP contribution in [0.2, 0.25) is 0 Å². The van der Waals surface area contributed by atoms with E-state index in [-0.39, 0.29) is 17.9 Å². The summed E-state index contributed by atoms with van der Waals surface area (Å²) in [6, 6.07) is 6.06. The first-order chi connectivity index (χ1) is 12.3. The van der Waals surface area contributed by atoms with Crippen LogP contribution in [0.25, 0.3) is 0 Å². The van der Waals surface area contributed by atoms with Gasteiger partial charge in [-0.05, 0) is 62.6 Å². The molecule has 1 aromatic heterocycles. The second-order valence-electron chi connectivity index (χ2n) is 7.91. The molecule has 1 N–H and O–H groups in total. The smallest absolute Gasteiger partial charge is 0.223 e. The lowest BCUT2D eigenvalue weighted by Gasteiger charge is -2.38. The third-order valence-electron chi connectivity index (χ3n) is 5.81. The van der Waals surface area contributed by atoms with Crippen molar-refractivity contribution >= 4 is 5.91 Å².